The second-order valence-corrected chi connectivity index (χ2v) is 4.68. The van der Waals surface area contributed by atoms with Gasteiger partial charge in [-0.25, -0.2) is 0 Å². The zero-order valence-electron chi connectivity index (χ0n) is 12.1. The lowest BCUT2D eigenvalue weighted by Gasteiger charge is -2.15. The number of aliphatic hydroxyl groups excluding tert-OH is 1. The molecule has 3 nitrogen and oxygen atoms in total. The molecule has 19 heavy (non-hydrogen) atoms. The van der Waals surface area contributed by atoms with Gasteiger partial charge in [0.1, 0.15) is 0 Å². The number of unbranched alkanes of at least 4 members (excludes halogenated alkanes) is 2. The SMILES string of the molecule is CCCCOB(OCCCC)c1ccc(CO)cc1. The maximum Gasteiger partial charge on any atom is 0.493 e. The number of hydrogen-bond donors (Lipinski definition) is 1. The van der Waals surface area contributed by atoms with Crippen molar-refractivity contribution in [2.45, 2.75) is 46.1 Å². The van der Waals surface area contributed by atoms with Crippen LogP contribution in [0.3, 0.4) is 0 Å². The molecular weight excluding hydrogens is 239 g/mol. The third kappa shape index (κ3) is 6.23. The fourth-order valence-electron chi connectivity index (χ4n) is 1.69. The zero-order valence-corrected chi connectivity index (χ0v) is 12.1. The van der Waals surface area contributed by atoms with Crippen LogP contribution in [-0.2, 0) is 15.9 Å². The van der Waals surface area contributed by atoms with E-state index in [2.05, 4.69) is 13.8 Å². The Bertz CT molecular complexity index is 317. The third-order valence-corrected chi connectivity index (χ3v) is 2.97. The van der Waals surface area contributed by atoms with Crippen molar-refractivity contribution in [1.29, 1.82) is 0 Å². The van der Waals surface area contributed by atoms with E-state index in [1.807, 2.05) is 24.3 Å². The molecule has 0 fully saturated rings. The maximum absolute atomic E-state index is 9.05. The summed E-state index contributed by atoms with van der Waals surface area (Å²) >= 11 is 0. The highest BCUT2D eigenvalue weighted by Crippen LogP contribution is 2.02. The molecule has 1 aromatic rings. The fraction of sp³-hybridized carbons (Fsp3) is 0.600. The Labute approximate surface area is 117 Å². The Morgan fingerprint density at radius 3 is 1.89 bits per heavy atom. The van der Waals surface area contributed by atoms with Crippen LogP contribution in [0, 0.1) is 0 Å². The van der Waals surface area contributed by atoms with Gasteiger partial charge in [-0.15, -0.1) is 0 Å². The molecule has 1 rings (SSSR count). The fourth-order valence-corrected chi connectivity index (χ4v) is 1.69. The molecule has 0 aliphatic rings. The highest BCUT2D eigenvalue weighted by atomic mass is 16.6. The van der Waals surface area contributed by atoms with E-state index in [9.17, 15) is 0 Å². The van der Waals surface area contributed by atoms with Crippen LogP contribution in [0.2, 0.25) is 0 Å². The summed E-state index contributed by atoms with van der Waals surface area (Å²) in [6, 6.07) is 7.76. The Hall–Kier alpha value is -0.835. The molecule has 0 spiro atoms. The lowest BCUT2D eigenvalue weighted by atomic mass is 9.78. The van der Waals surface area contributed by atoms with E-state index in [-0.39, 0.29) is 13.7 Å². The molecule has 0 saturated carbocycles. The van der Waals surface area contributed by atoms with Gasteiger partial charge in [0.2, 0.25) is 0 Å². The smallest absolute Gasteiger partial charge is 0.407 e. The highest BCUT2D eigenvalue weighted by Gasteiger charge is 2.20. The Balaban J connectivity index is 2.58. The number of aliphatic hydroxyl groups is 1. The summed E-state index contributed by atoms with van der Waals surface area (Å²) in [6.45, 7) is 5.79. The first kappa shape index (κ1) is 16.2. The average Bonchev–Trinajstić information content (AvgIpc) is 2.46. The first-order valence-electron chi connectivity index (χ1n) is 7.24. The van der Waals surface area contributed by atoms with E-state index in [4.69, 9.17) is 14.4 Å². The predicted octanol–water partition coefficient (Wildman–Crippen LogP) is 2.51. The average molecular weight is 264 g/mol. The van der Waals surface area contributed by atoms with Gasteiger partial charge in [0.05, 0.1) is 6.61 Å². The molecule has 1 N–H and O–H groups in total. The summed E-state index contributed by atoms with van der Waals surface area (Å²) in [6.07, 6.45) is 4.32. The van der Waals surface area contributed by atoms with Crippen molar-refractivity contribution < 1.29 is 14.4 Å². The van der Waals surface area contributed by atoms with Gasteiger partial charge in [-0.05, 0) is 23.9 Å². The maximum atomic E-state index is 9.05. The Morgan fingerprint density at radius 2 is 1.47 bits per heavy atom. The summed E-state index contributed by atoms with van der Waals surface area (Å²) < 4.78 is 11.6. The molecule has 0 amide bonds. The molecule has 0 radical (unpaired) electrons. The molecule has 0 saturated heterocycles. The molecule has 106 valence electrons. The van der Waals surface area contributed by atoms with Gasteiger partial charge in [0, 0.05) is 13.2 Å². The third-order valence-electron chi connectivity index (χ3n) is 2.97. The summed E-state index contributed by atoms with van der Waals surface area (Å²) in [5, 5.41) is 9.05. The molecule has 0 aliphatic heterocycles. The van der Waals surface area contributed by atoms with E-state index >= 15 is 0 Å². The number of benzene rings is 1. The van der Waals surface area contributed by atoms with Gasteiger partial charge in [-0.1, -0.05) is 51.0 Å². The largest absolute Gasteiger partial charge is 0.493 e. The van der Waals surface area contributed by atoms with Crippen LogP contribution in [0.15, 0.2) is 24.3 Å². The van der Waals surface area contributed by atoms with E-state index < -0.39 is 0 Å². The number of rotatable bonds is 10. The first-order valence-corrected chi connectivity index (χ1v) is 7.24. The molecular formula is C15H25BO3. The standard InChI is InChI=1S/C15H25BO3/c1-3-5-11-18-16(19-12-6-4-2)15-9-7-14(13-17)8-10-15/h7-10,17H,3-6,11-13H2,1-2H3. The normalized spacial score (nSPS) is 10.7. The quantitative estimate of drug-likeness (QED) is 0.521. The van der Waals surface area contributed by atoms with Crippen molar-refractivity contribution in [3.63, 3.8) is 0 Å². The summed E-state index contributed by atoms with van der Waals surface area (Å²) in [5.41, 5.74) is 1.93. The molecule has 0 bridgehead atoms. The molecule has 4 heteroatoms. The Kier molecular flexibility index (Phi) is 8.55. The van der Waals surface area contributed by atoms with Crippen molar-refractivity contribution in [3.8, 4) is 0 Å². The van der Waals surface area contributed by atoms with Gasteiger partial charge in [0.15, 0.2) is 0 Å². The van der Waals surface area contributed by atoms with E-state index in [1.54, 1.807) is 0 Å². The van der Waals surface area contributed by atoms with Gasteiger partial charge < -0.3 is 14.4 Å². The predicted molar refractivity (Wildman–Crippen MR) is 79.5 cm³/mol. The van der Waals surface area contributed by atoms with Crippen molar-refractivity contribution in [2.75, 3.05) is 13.2 Å². The lowest BCUT2D eigenvalue weighted by molar-refractivity contribution is 0.202. The molecule has 0 atom stereocenters. The summed E-state index contributed by atoms with van der Waals surface area (Å²) in [7, 11) is -0.286. The molecule has 0 heterocycles. The van der Waals surface area contributed by atoms with E-state index in [1.165, 1.54) is 0 Å². The minimum atomic E-state index is -0.286. The topological polar surface area (TPSA) is 38.7 Å². The van der Waals surface area contributed by atoms with Crippen LogP contribution < -0.4 is 5.46 Å². The van der Waals surface area contributed by atoms with Crippen molar-refractivity contribution in [3.05, 3.63) is 29.8 Å². The van der Waals surface area contributed by atoms with E-state index in [0.29, 0.717) is 0 Å². The second-order valence-electron chi connectivity index (χ2n) is 4.68. The minimum absolute atomic E-state index is 0.0678. The van der Waals surface area contributed by atoms with Crippen molar-refractivity contribution in [2.24, 2.45) is 0 Å². The lowest BCUT2D eigenvalue weighted by Crippen LogP contribution is -2.37. The zero-order chi connectivity index (χ0) is 13.9. The number of hydrogen-bond acceptors (Lipinski definition) is 3. The first-order chi connectivity index (χ1) is 9.31. The van der Waals surface area contributed by atoms with Crippen molar-refractivity contribution >= 4 is 12.6 Å². The molecule has 1 aromatic carbocycles. The van der Waals surface area contributed by atoms with Gasteiger partial charge in [-0.3, -0.25) is 0 Å². The monoisotopic (exact) mass is 264 g/mol. The van der Waals surface area contributed by atoms with Gasteiger partial charge in [-0.2, -0.15) is 0 Å². The Morgan fingerprint density at radius 1 is 0.947 bits per heavy atom. The van der Waals surface area contributed by atoms with Crippen LogP contribution in [0.4, 0.5) is 0 Å². The minimum Gasteiger partial charge on any atom is -0.407 e. The van der Waals surface area contributed by atoms with Crippen LogP contribution in [0.25, 0.3) is 0 Å². The molecule has 0 unspecified atom stereocenters. The summed E-state index contributed by atoms with van der Waals surface area (Å²) in [4.78, 5) is 0. The highest BCUT2D eigenvalue weighted by molar-refractivity contribution is 6.61. The van der Waals surface area contributed by atoms with Gasteiger partial charge >= 0.3 is 7.12 Å². The van der Waals surface area contributed by atoms with Crippen molar-refractivity contribution in [1.82, 2.24) is 0 Å². The van der Waals surface area contributed by atoms with Crippen LogP contribution in [0.1, 0.15) is 45.1 Å². The molecule has 0 aromatic heterocycles. The van der Waals surface area contributed by atoms with Gasteiger partial charge in [0.25, 0.3) is 0 Å². The van der Waals surface area contributed by atoms with Crippen LogP contribution in [0.5, 0.6) is 0 Å². The van der Waals surface area contributed by atoms with Crippen LogP contribution in [-0.4, -0.2) is 25.4 Å². The van der Waals surface area contributed by atoms with E-state index in [0.717, 1.165) is 49.9 Å². The second kappa shape index (κ2) is 10.0. The van der Waals surface area contributed by atoms with Crippen LogP contribution >= 0.6 is 0 Å². The molecule has 0 aliphatic carbocycles. The summed E-state index contributed by atoms with van der Waals surface area (Å²) in [5.74, 6) is 0.